The summed E-state index contributed by atoms with van der Waals surface area (Å²) in [4.78, 5) is 24.8. The normalized spacial score (nSPS) is 11.7. The Hall–Kier alpha value is -2.24. The molecular formula is C13H18N2O4. The standard InChI is InChI=1S/C13H18N2O4/c1-8(12(18)14-2)7-15(3)13(19)10-6-9(16)4-5-11(10)17/h4-6,8,16-17H,7H2,1-3H3,(H,14,18). The second-order valence-electron chi connectivity index (χ2n) is 4.40. The van der Waals surface area contributed by atoms with Gasteiger partial charge in [0.25, 0.3) is 5.91 Å². The lowest BCUT2D eigenvalue weighted by Crippen LogP contribution is -2.37. The minimum Gasteiger partial charge on any atom is -0.508 e. The average Bonchev–Trinajstić information content (AvgIpc) is 2.39. The summed E-state index contributed by atoms with van der Waals surface area (Å²) in [7, 11) is 3.06. The number of benzene rings is 1. The van der Waals surface area contributed by atoms with E-state index in [1.54, 1.807) is 6.92 Å². The van der Waals surface area contributed by atoms with E-state index in [0.717, 1.165) is 0 Å². The molecule has 0 aliphatic rings. The second kappa shape index (κ2) is 6.08. The van der Waals surface area contributed by atoms with Crippen molar-refractivity contribution < 1.29 is 19.8 Å². The number of aromatic hydroxyl groups is 2. The molecule has 6 nitrogen and oxygen atoms in total. The van der Waals surface area contributed by atoms with Crippen molar-refractivity contribution in [3.05, 3.63) is 23.8 Å². The summed E-state index contributed by atoms with van der Waals surface area (Å²) in [5.74, 6) is -1.29. The molecular weight excluding hydrogens is 248 g/mol. The molecule has 0 heterocycles. The van der Waals surface area contributed by atoms with Crippen LogP contribution in [-0.2, 0) is 4.79 Å². The van der Waals surface area contributed by atoms with Gasteiger partial charge < -0.3 is 20.4 Å². The Bertz CT molecular complexity index is 488. The predicted molar refractivity (Wildman–Crippen MR) is 70.0 cm³/mol. The van der Waals surface area contributed by atoms with Crippen LogP contribution in [0.5, 0.6) is 11.5 Å². The molecule has 0 bridgehead atoms. The highest BCUT2D eigenvalue weighted by Gasteiger charge is 2.20. The Morgan fingerprint density at radius 2 is 2.00 bits per heavy atom. The van der Waals surface area contributed by atoms with Gasteiger partial charge in [-0.3, -0.25) is 9.59 Å². The zero-order valence-electron chi connectivity index (χ0n) is 11.2. The van der Waals surface area contributed by atoms with Gasteiger partial charge in [0.1, 0.15) is 11.5 Å². The molecule has 0 saturated heterocycles. The summed E-state index contributed by atoms with van der Waals surface area (Å²) in [5, 5.41) is 21.4. The van der Waals surface area contributed by atoms with Crippen LogP contribution in [-0.4, -0.2) is 47.6 Å². The fourth-order valence-corrected chi connectivity index (χ4v) is 1.72. The van der Waals surface area contributed by atoms with Crippen LogP contribution >= 0.6 is 0 Å². The number of rotatable bonds is 4. The molecule has 0 aliphatic heterocycles. The van der Waals surface area contributed by atoms with Crippen molar-refractivity contribution in [1.29, 1.82) is 0 Å². The summed E-state index contributed by atoms with van der Waals surface area (Å²) in [6, 6.07) is 3.73. The lowest BCUT2D eigenvalue weighted by Gasteiger charge is -2.21. The molecule has 1 aromatic carbocycles. The van der Waals surface area contributed by atoms with E-state index in [4.69, 9.17) is 0 Å². The Labute approximate surface area is 111 Å². The van der Waals surface area contributed by atoms with Gasteiger partial charge in [-0.2, -0.15) is 0 Å². The minimum absolute atomic E-state index is 0.00612. The van der Waals surface area contributed by atoms with E-state index in [0.29, 0.717) is 0 Å². The number of hydrogen-bond acceptors (Lipinski definition) is 4. The molecule has 1 rings (SSSR count). The molecule has 6 heteroatoms. The van der Waals surface area contributed by atoms with Crippen LogP contribution in [0.1, 0.15) is 17.3 Å². The lowest BCUT2D eigenvalue weighted by molar-refractivity contribution is -0.124. The van der Waals surface area contributed by atoms with Gasteiger partial charge in [0.2, 0.25) is 5.91 Å². The van der Waals surface area contributed by atoms with Gasteiger partial charge in [0.15, 0.2) is 0 Å². The number of carbonyl (C=O) groups is 2. The number of nitrogens with one attached hydrogen (secondary N) is 1. The van der Waals surface area contributed by atoms with Gasteiger partial charge in [-0.25, -0.2) is 0 Å². The zero-order valence-corrected chi connectivity index (χ0v) is 11.2. The highest BCUT2D eigenvalue weighted by molar-refractivity contribution is 5.97. The fourth-order valence-electron chi connectivity index (χ4n) is 1.72. The number of phenols is 2. The van der Waals surface area contributed by atoms with E-state index in [2.05, 4.69) is 5.32 Å². The second-order valence-corrected chi connectivity index (χ2v) is 4.40. The average molecular weight is 266 g/mol. The molecule has 0 aliphatic carbocycles. The summed E-state index contributed by atoms with van der Waals surface area (Å²) in [5.41, 5.74) is 0.00612. The predicted octanol–water partition coefficient (Wildman–Crippen LogP) is 0.552. The number of phenolic OH excluding ortho intramolecular Hbond substituents is 2. The maximum Gasteiger partial charge on any atom is 0.257 e. The summed E-state index contributed by atoms with van der Waals surface area (Å²) in [6.45, 7) is 1.92. The molecule has 0 saturated carbocycles. The Morgan fingerprint density at radius 3 is 2.58 bits per heavy atom. The third kappa shape index (κ3) is 3.61. The van der Waals surface area contributed by atoms with Crippen molar-refractivity contribution in [3.63, 3.8) is 0 Å². The first-order valence-corrected chi connectivity index (χ1v) is 5.85. The van der Waals surface area contributed by atoms with Crippen molar-refractivity contribution in [1.82, 2.24) is 10.2 Å². The molecule has 0 spiro atoms. The van der Waals surface area contributed by atoms with Crippen molar-refractivity contribution >= 4 is 11.8 Å². The van der Waals surface area contributed by atoms with Gasteiger partial charge in [-0.1, -0.05) is 6.92 Å². The zero-order chi connectivity index (χ0) is 14.6. The van der Waals surface area contributed by atoms with Crippen LogP contribution in [0.3, 0.4) is 0 Å². The number of nitrogens with zero attached hydrogens (tertiary/aromatic N) is 1. The van der Waals surface area contributed by atoms with E-state index >= 15 is 0 Å². The van der Waals surface area contributed by atoms with Gasteiger partial charge in [-0.05, 0) is 18.2 Å². The van der Waals surface area contributed by atoms with Crippen LogP contribution in [0.25, 0.3) is 0 Å². The SMILES string of the molecule is CNC(=O)C(C)CN(C)C(=O)c1cc(O)ccc1O. The molecule has 0 radical (unpaired) electrons. The molecule has 104 valence electrons. The first-order valence-electron chi connectivity index (χ1n) is 5.85. The van der Waals surface area contributed by atoms with E-state index in [9.17, 15) is 19.8 Å². The molecule has 1 unspecified atom stereocenters. The number of carbonyl (C=O) groups excluding carboxylic acids is 2. The van der Waals surface area contributed by atoms with Crippen LogP contribution in [0, 0.1) is 5.92 Å². The largest absolute Gasteiger partial charge is 0.508 e. The number of amides is 2. The van der Waals surface area contributed by atoms with E-state index in [1.807, 2.05) is 0 Å². The maximum atomic E-state index is 12.1. The summed E-state index contributed by atoms with van der Waals surface area (Å²) in [6.07, 6.45) is 0. The van der Waals surface area contributed by atoms with Crippen molar-refractivity contribution in [2.24, 2.45) is 5.92 Å². The quantitative estimate of drug-likeness (QED) is 0.694. The first kappa shape index (κ1) is 14.8. The lowest BCUT2D eigenvalue weighted by atomic mass is 10.1. The van der Waals surface area contributed by atoms with Crippen molar-refractivity contribution in [3.8, 4) is 11.5 Å². The van der Waals surface area contributed by atoms with Gasteiger partial charge in [0, 0.05) is 20.6 Å². The third-order valence-electron chi connectivity index (χ3n) is 2.80. The highest BCUT2D eigenvalue weighted by Crippen LogP contribution is 2.23. The van der Waals surface area contributed by atoms with Crippen LogP contribution in [0.2, 0.25) is 0 Å². The molecule has 0 fully saturated rings. The molecule has 1 atom stereocenters. The van der Waals surface area contributed by atoms with E-state index < -0.39 is 5.91 Å². The molecule has 2 amide bonds. The Kier molecular flexibility index (Phi) is 4.74. The third-order valence-corrected chi connectivity index (χ3v) is 2.80. The van der Waals surface area contributed by atoms with Crippen molar-refractivity contribution in [2.75, 3.05) is 20.6 Å². The molecule has 1 aromatic rings. The Balaban J connectivity index is 2.82. The number of hydrogen-bond donors (Lipinski definition) is 3. The molecule has 0 aromatic heterocycles. The Morgan fingerprint density at radius 1 is 1.37 bits per heavy atom. The van der Waals surface area contributed by atoms with Gasteiger partial charge >= 0.3 is 0 Å². The minimum atomic E-state index is -0.454. The topological polar surface area (TPSA) is 89.9 Å². The monoisotopic (exact) mass is 266 g/mol. The van der Waals surface area contributed by atoms with Crippen LogP contribution in [0.15, 0.2) is 18.2 Å². The van der Waals surface area contributed by atoms with Crippen LogP contribution in [0.4, 0.5) is 0 Å². The maximum absolute atomic E-state index is 12.1. The molecule has 19 heavy (non-hydrogen) atoms. The van der Waals surface area contributed by atoms with Crippen molar-refractivity contribution in [2.45, 2.75) is 6.92 Å². The first-order chi connectivity index (χ1) is 8.86. The van der Waals surface area contributed by atoms with Crippen LogP contribution < -0.4 is 5.32 Å². The summed E-state index contributed by atoms with van der Waals surface area (Å²) < 4.78 is 0. The molecule has 3 N–H and O–H groups in total. The summed E-state index contributed by atoms with van der Waals surface area (Å²) >= 11 is 0. The smallest absolute Gasteiger partial charge is 0.257 e. The fraction of sp³-hybridized carbons (Fsp3) is 0.385. The van der Waals surface area contributed by atoms with E-state index in [-0.39, 0.29) is 35.4 Å². The van der Waals surface area contributed by atoms with E-state index in [1.165, 1.54) is 37.2 Å². The van der Waals surface area contributed by atoms with Gasteiger partial charge in [-0.15, -0.1) is 0 Å². The van der Waals surface area contributed by atoms with Gasteiger partial charge in [0.05, 0.1) is 11.5 Å². The highest BCUT2D eigenvalue weighted by atomic mass is 16.3.